The van der Waals surface area contributed by atoms with Crippen molar-refractivity contribution in [3.05, 3.63) is 95.3 Å². The zero-order valence-electron chi connectivity index (χ0n) is 15.9. The number of anilines is 1. The molecule has 2 heterocycles. The summed E-state index contributed by atoms with van der Waals surface area (Å²) in [6, 6.07) is 17.7. The van der Waals surface area contributed by atoms with Crippen molar-refractivity contribution in [2.75, 3.05) is 11.9 Å². The Bertz CT molecular complexity index is 1020. The highest BCUT2D eigenvalue weighted by atomic mass is 16.2. The number of nitrogens with zero attached hydrogens (tertiary/aromatic N) is 2. The summed E-state index contributed by atoms with van der Waals surface area (Å²) in [5.41, 5.74) is 10.6. The Labute approximate surface area is 169 Å². The van der Waals surface area contributed by atoms with E-state index in [4.69, 9.17) is 5.73 Å². The second-order valence-corrected chi connectivity index (χ2v) is 7.07. The number of hydrogen-bond donors (Lipinski definition) is 2. The number of benzene rings is 2. The monoisotopic (exact) mass is 386 g/mol. The van der Waals surface area contributed by atoms with E-state index in [-0.39, 0.29) is 11.8 Å². The third-order valence-electron chi connectivity index (χ3n) is 5.18. The van der Waals surface area contributed by atoms with Gasteiger partial charge < -0.3 is 16.0 Å². The maximum absolute atomic E-state index is 12.9. The number of pyridine rings is 1. The van der Waals surface area contributed by atoms with Crippen molar-refractivity contribution in [2.45, 2.75) is 19.0 Å². The van der Waals surface area contributed by atoms with Crippen LogP contribution >= 0.6 is 0 Å². The van der Waals surface area contributed by atoms with E-state index in [1.807, 2.05) is 12.1 Å². The van der Waals surface area contributed by atoms with Crippen LogP contribution in [-0.2, 0) is 17.8 Å². The van der Waals surface area contributed by atoms with Gasteiger partial charge in [0.05, 0.1) is 0 Å². The summed E-state index contributed by atoms with van der Waals surface area (Å²) < 4.78 is 0. The van der Waals surface area contributed by atoms with Gasteiger partial charge in [0.1, 0.15) is 6.04 Å². The lowest BCUT2D eigenvalue weighted by Gasteiger charge is -2.31. The standard InChI is InChI=1S/C23H22N4O2/c24-21(23(29)27-14-11-16-3-1-2-4-19(16)15-27)17-5-7-18(8-6-17)22(28)26-20-9-12-25-13-10-20/h1-10,12-13,21H,11,14-15,24H2,(H,25,26,28). The first kappa shape index (κ1) is 18.8. The lowest BCUT2D eigenvalue weighted by Crippen LogP contribution is -2.41. The van der Waals surface area contributed by atoms with E-state index in [0.717, 1.165) is 6.42 Å². The van der Waals surface area contributed by atoms with E-state index in [2.05, 4.69) is 22.4 Å². The van der Waals surface area contributed by atoms with Gasteiger partial charge in [-0.3, -0.25) is 14.6 Å². The number of rotatable bonds is 4. The molecule has 2 aromatic carbocycles. The minimum absolute atomic E-state index is 0.103. The van der Waals surface area contributed by atoms with E-state index in [9.17, 15) is 9.59 Å². The topological polar surface area (TPSA) is 88.3 Å². The third kappa shape index (κ3) is 4.17. The van der Waals surface area contributed by atoms with Gasteiger partial charge in [0, 0.05) is 36.7 Å². The molecule has 146 valence electrons. The molecule has 3 aromatic rings. The van der Waals surface area contributed by atoms with E-state index >= 15 is 0 Å². The Morgan fingerprint density at radius 2 is 1.66 bits per heavy atom. The van der Waals surface area contributed by atoms with Gasteiger partial charge in [-0.25, -0.2) is 0 Å². The molecule has 0 aliphatic carbocycles. The number of hydrogen-bond acceptors (Lipinski definition) is 4. The van der Waals surface area contributed by atoms with Crippen LogP contribution in [-0.4, -0.2) is 28.2 Å². The molecule has 3 N–H and O–H groups in total. The normalized spacial score (nSPS) is 14.0. The average molecular weight is 386 g/mol. The molecule has 6 nitrogen and oxygen atoms in total. The highest BCUT2D eigenvalue weighted by Gasteiger charge is 2.26. The number of carbonyl (C=O) groups excluding carboxylic acids is 2. The summed E-state index contributed by atoms with van der Waals surface area (Å²) in [7, 11) is 0. The summed E-state index contributed by atoms with van der Waals surface area (Å²) in [6.07, 6.45) is 4.06. The van der Waals surface area contributed by atoms with Crippen LogP contribution in [0.1, 0.15) is 33.1 Å². The largest absolute Gasteiger partial charge is 0.336 e. The molecule has 1 aliphatic rings. The average Bonchev–Trinajstić information content (AvgIpc) is 2.78. The predicted octanol–water partition coefficient (Wildman–Crippen LogP) is 2.92. The number of nitrogens with one attached hydrogen (secondary N) is 1. The van der Waals surface area contributed by atoms with Crippen molar-refractivity contribution >= 4 is 17.5 Å². The summed E-state index contributed by atoms with van der Waals surface area (Å²) >= 11 is 0. The fraction of sp³-hybridized carbons (Fsp3) is 0.174. The highest BCUT2D eigenvalue weighted by Crippen LogP contribution is 2.22. The zero-order valence-corrected chi connectivity index (χ0v) is 15.9. The number of aromatic nitrogens is 1. The lowest BCUT2D eigenvalue weighted by atomic mass is 9.98. The number of amides is 2. The molecule has 0 fully saturated rings. The van der Waals surface area contributed by atoms with Crippen LogP contribution in [0.2, 0.25) is 0 Å². The molecular formula is C23H22N4O2. The van der Waals surface area contributed by atoms with Crippen LogP contribution in [0, 0.1) is 0 Å². The van der Waals surface area contributed by atoms with Gasteiger partial charge in [-0.15, -0.1) is 0 Å². The smallest absolute Gasteiger partial charge is 0.255 e. The molecule has 29 heavy (non-hydrogen) atoms. The van der Waals surface area contributed by atoms with E-state index < -0.39 is 6.04 Å². The van der Waals surface area contributed by atoms with Crippen LogP contribution in [0.5, 0.6) is 0 Å². The van der Waals surface area contributed by atoms with E-state index in [1.54, 1.807) is 53.7 Å². The quantitative estimate of drug-likeness (QED) is 0.722. The van der Waals surface area contributed by atoms with E-state index in [0.29, 0.717) is 29.9 Å². The Kier molecular flexibility index (Phi) is 5.35. The number of carbonyl (C=O) groups is 2. The maximum atomic E-state index is 12.9. The fourth-order valence-electron chi connectivity index (χ4n) is 3.50. The fourth-order valence-corrected chi connectivity index (χ4v) is 3.50. The van der Waals surface area contributed by atoms with Crippen molar-refractivity contribution in [1.82, 2.24) is 9.88 Å². The molecule has 0 saturated carbocycles. The van der Waals surface area contributed by atoms with Crippen molar-refractivity contribution in [2.24, 2.45) is 5.73 Å². The molecule has 1 atom stereocenters. The van der Waals surface area contributed by atoms with Crippen molar-refractivity contribution in [3.8, 4) is 0 Å². The molecule has 2 amide bonds. The van der Waals surface area contributed by atoms with Crippen LogP contribution < -0.4 is 11.1 Å². The van der Waals surface area contributed by atoms with Crippen molar-refractivity contribution in [3.63, 3.8) is 0 Å². The molecule has 4 rings (SSSR count). The Balaban J connectivity index is 1.42. The van der Waals surface area contributed by atoms with Gasteiger partial charge >= 0.3 is 0 Å². The predicted molar refractivity (Wildman–Crippen MR) is 111 cm³/mol. The minimum atomic E-state index is -0.752. The summed E-state index contributed by atoms with van der Waals surface area (Å²) in [4.78, 5) is 31.0. The van der Waals surface area contributed by atoms with Gasteiger partial charge in [0.25, 0.3) is 5.91 Å². The second kappa shape index (κ2) is 8.24. The number of nitrogens with two attached hydrogens (primary N) is 1. The van der Waals surface area contributed by atoms with Gasteiger partial charge in [0.15, 0.2) is 0 Å². The molecule has 1 aromatic heterocycles. The SMILES string of the molecule is NC(C(=O)N1CCc2ccccc2C1)c1ccc(C(=O)Nc2ccncc2)cc1. The first-order valence-corrected chi connectivity index (χ1v) is 9.54. The number of fused-ring (bicyclic) bond motifs is 1. The van der Waals surface area contributed by atoms with Crippen LogP contribution in [0.4, 0.5) is 5.69 Å². The summed E-state index contributed by atoms with van der Waals surface area (Å²) in [5.74, 6) is -0.330. The minimum Gasteiger partial charge on any atom is -0.336 e. The molecular weight excluding hydrogens is 364 g/mol. The molecule has 0 radical (unpaired) electrons. The Hall–Kier alpha value is -3.51. The molecule has 0 bridgehead atoms. The molecule has 6 heteroatoms. The highest BCUT2D eigenvalue weighted by molar-refractivity contribution is 6.04. The maximum Gasteiger partial charge on any atom is 0.255 e. The molecule has 0 spiro atoms. The first-order valence-electron chi connectivity index (χ1n) is 9.54. The van der Waals surface area contributed by atoms with E-state index in [1.165, 1.54) is 11.1 Å². The summed E-state index contributed by atoms with van der Waals surface area (Å²) in [5, 5.41) is 2.81. The Morgan fingerprint density at radius 1 is 0.966 bits per heavy atom. The van der Waals surface area contributed by atoms with Gasteiger partial charge in [0.2, 0.25) is 5.91 Å². The third-order valence-corrected chi connectivity index (χ3v) is 5.18. The molecule has 0 saturated heterocycles. The van der Waals surface area contributed by atoms with Crippen LogP contribution in [0.3, 0.4) is 0 Å². The lowest BCUT2D eigenvalue weighted by molar-refractivity contribution is -0.133. The molecule has 1 unspecified atom stereocenters. The second-order valence-electron chi connectivity index (χ2n) is 7.07. The van der Waals surface area contributed by atoms with Crippen LogP contribution in [0.15, 0.2) is 73.1 Å². The van der Waals surface area contributed by atoms with Gasteiger partial charge in [-0.1, -0.05) is 36.4 Å². The summed E-state index contributed by atoms with van der Waals surface area (Å²) in [6.45, 7) is 1.24. The van der Waals surface area contributed by atoms with Crippen LogP contribution in [0.25, 0.3) is 0 Å². The van der Waals surface area contributed by atoms with Crippen molar-refractivity contribution in [1.29, 1.82) is 0 Å². The first-order chi connectivity index (χ1) is 14.1. The molecule has 1 aliphatic heterocycles. The van der Waals surface area contributed by atoms with Crippen molar-refractivity contribution < 1.29 is 9.59 Å². The Morgan fingerprint density at radius 3 is 2.38 bits per heavy atom. The van der Waals surface area contributed by atoms with Gasteiger partial charge in [-0.2, -0.15) is 0 Å². The van der Waals surface area contributed by atoms with Gasteiger partial charge in [-0.05, 0) is 47.4 Å². The zero-order chi connectivity index (χ0) is 20.2.